The first kappa shape index (κ1) is 9.91. The second-order valence-corrected chi connectivity index (χ2v) is 3.66. The molecule has 1 unspecified atom stereocenters. The molecule has 2 rings (SSSR count). The molecular weight excluding hydrogens is 187 g/mol. The predicted molar refractivity (Wildman–Crippen MR) is 62.2 cm³/mol. The Kier molecular flexibility index (Phi) is 2.82. The molecular formula is C14H13F. The summed E-state index contributed by atoms with van der Waals surface area (Å²) in [5, 5.41) is 0. The van der Waals surface area contributed by atoms with Crippen LogP contribution in [0, 0.1) is 0 Å². The lowest BCUT2D eigenvalue weighted by Gasteiger charge is -2.17. The molecule has 0 saturated carbocycles. The molecule has 1 aromatic carbocycles. The third-order valence-electron chi connectivity index (χ3n) is 2.40. The maximum atomic E-state index is 14.0. The average Bonchev–Trinajstić information content (AvgIpc) is 2.29. The Morgan fingerprint density at radius 2 is 1.93 bits per heavy atom. The molecule has 1 aliphatic carbocycles. The molecule has 0 N–H and O–H groups in total. The van der Waals surface area contributed by atoms with Gasteiger partial charge in [0.25, 0.3) is 0 Å². The Labute approximate surface area is 89.4 Å². The van der Waals surface area contributed by atoms with Gasteiger partial charge in [-0.3, -0.25) is 0 Å². The number of allylic oxidation sites excluding steroid dienone is 5. The highest BCUT2D eigenvalue weighted by atomic mass is 19.1. The topological polar surface area (TPSA) is 0 Å². The van der Waals surface area contributed by atoms with Crippen LogP contribution >= 0.6 is 0 Å². The molecule has 1 atom stereocenters. The van der Waals surface area contributed by atoms with Crippen LogP contribution in [0.3, 0.4) is 0 Å². The first-order chi connectivity index (χ1) is 7.29. The molecule has 0 nitrogen and oxygen atoms in total. The summed E-state index contributed by atoms with van der Waals surface area (Å²) in [7, 11) is 0. The fraction of sp³-hybridized carbons (Fsp3) is 0.143. The number of hydrogen-bond donors (Lipinski definition) is 0. The van der Waals surface area contributed by atoms with E-state index in [0.29, 0.717) is 6.42 Å². The van der Waals surface area contributed by atoms with Gasteiger partial charge in [-0.05, 0) is 17.7 Å². The Morgan fingerprint density at radius 1 is 1.13 bits per heavy atom. The number of benzene rings is 1. The maximum absolute atomic E-state index is 14.0. The molecule has 0 aliphatic heterocycles. The Morgan fingerprint density at radius 3 is 2.60 bits per heavy atom. The van der Waals surface area contributed by atoms with Crippen LogP contribution in [0.15, 0.2) is 60.7 Å². The number of rotatable bonds is 2. The summed E-state index contributed by atoms with van der Waals surface area (Å²) in [6.07, 6.45) is 10.9. The SMILES string of the molecule is FC1(C=Cc2ccccc2)C=CC=CC1. The van der Waals surface area contributed by atoms with E-state index >= 15 is 0 Å². The normalized spacial score (nSPS) is 24.9. The lowest BCUT2D eigenvalue weighted by atomic mass is 9.96. The van der Waals surface area contributed by atoms with Crippen LogP contribution in [0.5, 0.6) is 0 Å². The second-order valence-electron chi connectivity index (χ2n) is 3.66. The van der Waals surface area contributed by atoms with Gasteiger partial charge in [0, 0.05) is 6.42 Å². The summed E-state index contributed by atoms with van der Waals surface area (Å²) in [6.45, 7) is 0. The molecule has 1 aromatic rings. The van der Waals surface area contributed by atoms with E-state index in [1.165, 1.54) is 0 Å². The van der Waals surface area contributed by atoms with Gasteiger partial charge < -0.3 is 0 Å². The van der Waals surface area contributed by atoms with Gasteiger partial charge in [0.2, 0.25) is 0 Å². The first-order valence-electron chi connectivity index (χ1n) is 5.06. The van der Waals surface area contributed by atoms with E-state index in [9.17, 15) is 4.39 Å². The van der Waals surface area contributed by atoms with Crippen LogP contribution in [-0.2, 0) is 0 Å². The minimum atomic E-state index is -1.31. The van der Waals surface area contributed by atoms with Gasteiger partial charge in [-0.2, -0.15) is 0 Å². The Balaban J connectivity index is 2.12. The van der Waals surface area contributed by atoms with Crippen molar-refractivity contribution in [2.75, 3.05) is 0 Å². The van der Waals surface area contributed by atoms with Crippen molar-refractivity contribution in [3.8, 4) is 0 Å². The van der Waals surface area contributed by atoms with E-state index in [2.05, 4.69) is 0 Å². The molecule has 0 fully saturated rings. The van der Waals surface area contributed by atoms with Crippen molar-refractivity contribution in [3.63, 3.8) is 0 Å². The molecule has 0 heterocycles. The Hall–Kier alpha value is -1.63. The monoisotopic (exact) mass is 200 g/mol. The average molecular weight is 200 g/mol. The van der Waals surface area contributed by atoms with E-state index in [1.54, 1.807) is 18.2 Å². The van der Waals surface area contributed by atoms with Gasteiger partial charge in [0.05, 0.1) is 0 Å². The molecule has 0 aromatic heterocycles. The summed E-state index contributed by atoms with van der Waals surface area (Å²) in [6, 6.07) is 9.76. The molecule has 0 bridgehead atoms. The Bertz CT molecular complexity index is 401. The van der Waals surface area contributed by atoms with E-state index < -0.39 is 5.67 Å². The van der Waals surface area contributed by atoms with Gasteiger partial charge >= 0.3 is 0 Å². The van der Waals surface area contributed by atoms with Crippen molar-refractivity contribution in [3.05, 3.63) is 66.3 Å². The molecule has 0 amide bonds. The highest BCUT2D eigenvalue weighted by Gasteiger charge is 2.21. The molecule has 76 valence electrons. The van der Waals surface area contributed by atoms with E-state index in [1.807, 2.05) is 48.6 Å². The number of alkyl halides is 1. The zero-order valence-electron chi connectivity index (χ0n) is 8.44. The fourth-order valence-corrected chi connectivity index (χ4v) is 1.53. The molecule has 1 heteroatoms. The van der Waals surface area contributed by atoms with E-state index in [4.69, 9.17) is 0 Å². The third-order valence-corrected chi connectivity index (χ3v) is 2.40. The van der Waals surface area contributed by atoms with Crippen LogP contribution in [-0.4, -0.2) is 5.67 Å². The molecule has 0 radical (unpaired) electrons. The van der Waals surface area contributed by atoms with Crippen molar-refractivity contribution in [1.29, 1.82) is 0 Å². The van der Waals surface area contributed by atoms with E-state index in [-0.39, 0.29) is 0 Å². The van der Waals surface area contributed by atoms with Crippen molar-refractivity contribution >= 4 is 6.08 Å². The van der Waals surface area contributed by atoms with E-state index in [0.717, 1.165) is 5.56 Å². The van der Waals surface area contributed by atoms with Gasteiger partial charge in [-0.15, -0.1) is 0 Å². The molecule has 15 heavy (non-hydrogen) atoms. The maximum Gasteiger partial charge on any atom is 0.151 e. The van der Waals surface area contributed by atoms with Gasteiger partial charge in [0.15, 0.2) is 5.67 Å². The highest BCUT2D eigenvalue weighted by Crippen LogP contribution is 2.24. The predicted octanol–water partition coefficient (Wildman–Crippen LogP) is 3.92. The third kappa shape index (κ3) is 2.66. The van der Waals surface area contributed by atoms with Crippen molar-refractivity contribution in [2.45, 2.75) is 12.1 Å². The summed E-state index contributed by atoms with van der Waals surface area (Å²) < 4.78 is 14.0. The fourth-order valence-electron chi connectivity index (χ4n) is 1.53. The van der Waals surface area contributed by atoms with Crippen LogP contribution < -0.4 is 0 Å². The standard InChI is InChI=1S/C14H13F/c15-14(10-5-2-6-11-14)12-9-13-7-3-1-4-8-13/h1-10,12H,11H2. The number of hydrogen-bond acceptors (Lipinski definition) is 0. The zero-order chi connectivity index (χ0) is 10.6. The summed E-state index contributed by atoms with van der Waals surface area (Å²) in [5.41, 5.74) is -0.289. The van der Waals surface area contributed by atoms with Gasteiger partial charge in [-0.25, -0.2) is 4.39 Å². The summed E-state index contributed by atoms with van der Waals surface area (Å²) >= 11 is 0. The lowest BCUT2D eigenvalue weighted by Crippen LogP contribution is -2.16. The zero-order valence-corrected chi connectivity index (χ0v) is 8.44. The molecule has 1 aliphatic rings. The minimum Gasteiger partial charge on any atom is -0.234 e. The molecule has 0 saturated heterocycles. The van der Waals surface area contributed by atoms with Crippen LogP contribution in [0.25, 0.3) is 6.08 Å². The van der Waals surface area contributed by atoms with Crippen molar-refractivity contribution < 1.29 is 4.39 Å². The summed E-state index contributed by atoms with van der Waals surface area (Å²) in [5.74, 6) is 0. The highest BCUT2D eigenvalue weighted by molar-refractivity contribution is 5.51. The quantitative estimate of drug-likeness (QED) is 0.678. The summed E-state index contributed by atoms with van der Waals surface area (Å²) in [4.78, 5) is 0. The smallest absolute Gasteiger partial charge is 0.151 e. The minimum absolute atomic E-state index is 0.423. The molecule has 0 spiro atoms. The lowest BCUT2D eigenvalue weighted by molar-refractivity contribution is 0.301. The van der Waals surface area contributed by atoms with Gasteiger partial charge in [-0.1, -0.05) is 54.6 Å². The first-order valence-corrected chi connectivity index (χ1v) is 5.06. The van der Waals surface area contributed by atoms with Gasteiger partial charge in [0.1, 0.15) is 0 Å². The van der Waals surface area contributed by atoms with Crippen molar-refractivity contribution in [1.82, 2.24) is 0 Å². The number of halogens is 1. The van der Waals surface area contributed by atoms with Crippen LogP contribution in [0.1, 0.15) is 12.0 Å². The van der Waals surface area contributed by atoms with Crippen LogP contribution in [0.4, 0.5) is 4.39 Å². The largest absolute Gasteiger partial charge is 0.234 e. The second kappa shape index (κ2) is 4.26. The van der Waals surface area contributed by atoms with Crippen LogP contribution in [0.2, 0.25) is 0 Å². The van der Waals surface area contributed by atoms with Crippen molar-refractivity contribution in [2.24, 2.45) is 0 Å².